The van der Waals surface area contributed by atoms with Crippen molar-refractivity contribution in [1.82, 2.24) is 5.32 Å². The molecule has 0 aliphatic heterocycles. The molecule has 8 heteroatoms. The molecule has 2 rings (SSSR count). The average Bonchev–Trinajstić information content (AvgIpc) is 2.82. The Morgan fingerprint density at radius 2 is 1.72 bits per heavy atom. The third kappa shape index (κ3) is 6.63. The number of carbonyl (C=O) groups is 1. The van der Waals surface area contributed by atoms with E-state index in [1.165, 1.54) is 26.4 Å². The summed E-state index contributed by atoms with van der Waals surface area (Å²) in [6.45, 7) is 4.43. The minimum absolute atomic E-state index is 0.108. The van der Waals surface area contributed by atoms with Crippen LogP contribution in [-0.4, -0.2) is 41.6 Å². The van der Waals surface area contributed by atoms with Gasteiger partial charge in [0.1, 0.15) is 6.54 Å². The molecule has 0 heterocycles. The van der Waals surface area contributed by atoms with E-state index >= 15 is 0 Å². The van der Waals surface area contributed by atoms with Gasteiger partial charge < -0.3 is 14.8 Å². The summed E-state index contributed by atoms with van der Waals surface area (Å²) in [4.78, 5) is 12.9. The summed E-state index contributed by atoms with van der Waals surface area (Å²) in [7, 11) is -0.992. The maximum atomic E-state index is 13.4. The van der Waals surface area contributed by atoms with Crippen LogP contribution in [0, 0.1) is 5.92 Å². The smallest absolute Gasteiger partial charge is 0.264 e. The van der Waals surface area contributed by atoms with Crippen LogP contribution in [0.3, 0.4) is 0 Å². The molecule has 2 aromatic rings. The highest BCUT2D eigenvalue weighted by Gasteiger charge is 2.28. The van der Waals surface area contributed by atoms with Gasteiger partial charge in [0.15, 0.2) is 11.5 Å². The van der Waals surface area contributed by atoms with Crippen LogP contribution < -0.4 is 19.1 Å². The molecule has 0 fully saturated rings. The number of rotatable bonds is 13. The third-order valence-electron chi connectivity index (χ3n) is 5.40. The summed E-state index contributed by atoms with van der Waals surface area (Å²) in [6, 6.07) is 12.9. The number of hydrogen-bond donors (Lipinski definition) is 1. The monoisotopic (exact) mass is 462 g/mol. The highest BCUT2D eigenvalue weighted by atomic mass is 32.2. The van der Waals surface area contributed by atoms with Gasteiger partial charge in [-0.2, -0.15) is 0 Å². The minimum Gasteiger partial charge on any atom is -0.493 e. The lowest BCUT2D eigenvalue weighted by molar-refractivity contribution is -0.119. The zero-order valence-electron chi connectivity index (χ0n) is 19.3. The SMILES string of the molecule is CCCC[C@@H](CC)CNC(=O)CN(c1ccc(OC)c(OC)c1)S(=O)(=O)c1ccccc1. The Hall–Kier alpha value is -2.74. The molecule has 176 valence electrons. The highest BCUT2D eigenvalue weighted by molar-refractivity contribution is 7.92. The van der Waals surface area contributed by atoms with Crippen molar-refractivity contribution in [1.29, 1.82) is 0 Å². The van der Waals surface area contributed by atoms with Crippen LogP contribution in [0.5, 0.6) is 11.5 Å². The van der Waals surface area contributed by atoms with Crippen LogP contribution in [0.25, 0.3) is 0 Å². The van der Waals surface area contributed by atoms with E-state index in [1.54, 1.807) is 36.4 Å². The first-order valence-electron chi connectivity index (χ1n) is 10.9. The summed E-state index contributed by atoms with van der Waals surface area (Å²) in [5.74, 6) is 0.872. The Labute approximate surface area is 191 Å². The molecule has 7 nitrogen and oxygen atoms in total. The lowest BCUT2D eigenvalue weighted by Gasteiger charge is -2.25. The second-order valence-corrected chi connectivity index (χ2v) is 9.45. The average molecular weight is 463 g/mol. The van der Waals surface area contributed by atoms with Crippen LogP contribution in [0.15, 0.2) is 53.4 Å². The van der Waals surface area contributed by atoms with Gasteiger partial charge in [-0.1, -0.05) is 51.3 Å². The van der Waals surface area contributed by atoms with Crippen LogP contribution in [-0.2, 0) is 14.8 Å². The summed E-state index contributed by atoms with van der Waals surface area (Å²) >= 11 is 0. The van der Waals surface area contributed by atoms with Gasteiger partial charge in [0.2, 0.25) is 5.91 Å². The van der Waals surface area contributed by atoms with E-state index in [9.17, 15) is 13.2 Å². The number of amides is 1. The number of anilines is 1. The molecule has 0 bridgehead atoms. The molecule has 0 spiro atoms. The molecule has 1 atom stereocenters. The van der Waals surface area contributed by atoms with E-state index in [2.05, 4.69) is 19.2 Å². The van der Waals surface area contributed by atoms with Gasteiger partial charge in [-0.15, -0.1) is 0 Å². The van der Waals surface area contributed by atoms with E-state index in [1.807, 2.05) is 0 Å². The molecule has 0 saturated heterocycles. The van der Waals surface area contributed by atoms with Crippen molar-refractivity contribution < 1.29 is 22.7 Å². The van der Waals surface area contributed by atoms with Crippen LogP contribution >= 0.6 is 0 Å². The fourth-order valence-corrected chi connectivity index (χ4v) is 4.84. The maximum absolute atomic E-state index is 13.4. The molecule has 0 aliphatic carbocycles. The number of carbonyl (C=O) groups excluding carboxylic acids is 1. The predicted octanol–water partition coefficient (Wildman–Crippen LogP) is 4.23. The quantitative estimate of drug-likeness (QED) is 0.481. The highest BCUT2D eigenvalue weighted by Crippen LogP contribution is 2.33. The predicted molar refractivity (Wildman–Crippen MR) is 127 cm³/mol. The van der Waals surface area contributed by atoms with Gasteiger partial charge in [0.25, 0.3) is 10.0 Å². The van der Waals surface area contributed by atoms with Gasteiger partial charge in [-0.3, -0.25) is 9.10 Å². The summed E-state index contributed by atoms with van der Waals surface area (Å²) in [6.07, 6.45) is 4.21. The van der Waals surface area contributed by atoms with Gasteiger partial charge in [0, 0.05) is 12.6 Å². The molecule has 0 radical (unpaired) electrons. The fraction of sp³-hybridized carbons (Fsp3) is 0.458. The molecule has 0 unspecified atom stereocenters. The number of methoxy groups -OCH3 is 2. The van der Waals surface area contributed by atoms with Crippen LogP contribution in [0.1, 0.15) is 39.5 Å². The fourth-order valence-electron chi connectivity index (χ4n) is 3.40. The van der Waals surface area contributed by atoms with Crippen molar-refractivity contribution in [3.63, 3.8) is 0 Å². The standard InChI is InChI=1S/C24H34N2O5S/c1-5-7-11-19(6-2)17-25-24(27)18-26(32(28,29)21-12-9-8-10-13-21)20-14-15-22(30-3)23(16-20)31-4/h8-10,12-16,19H,5-7,11,17-18H2,1-4H3,(H,25,27)/t19-/m1/s1. The molecular formula is C24H34N2O5S. The normalized spacial score (nSPS) is 12.1. The molecule has 0 aromatic heterocycles. The van der Waals surface area contributed by atoms with Gasteiger partial charge in [-0.25, -0.2) is 8.42 Å². The number of nitrogens with one attached hydrogen (secondary N) is 1. The number of hydrogen-bond acceptors (Lipinski definition) is 5. The molecule has 2 aromatic carbocycles. The van der Waals surface area contributed by atoms with E-state index < -0.39 is 10.0 Å². The Morgan fingerprint density at radius 3 is 2.31 bits per heavy atom. The second-order valence-electron chi connectivity index (χ2n) is 7.58. The first-order chi connectivity index (χ1) is 15.4. The minimum atomic E-state index is -3.98. The van der Waals surface area contributed by atoms with Crippen LogP contribution in [0.2, 0.25) is 0 Å². The maximum Gasteiger partial charge on any atom is 0.264 e. The summed E-state index contributed by atoms with van der Waals surface area (Å²) in [5, 5.41) is 2.92. The first kappa shape index (κ1) is 25.5. The molecular weight excluding hydrogens is 428 g/mol. The van der Waals surface area contributed by atoms with Crippen molar-refractivity contribution >= 4 is 21.6 Å². The van der Waals surface area contributed by atoms with E-state index in [-0.39, 0.29) is 17.3 Å². The Kier molecular flexibility index (Phi) is 9.84. The van der Waals surface area contributed by atoms with Crippen molar-refractivity contribution in [2.45, 2.75) is 44.4 Å². The number of benzene rings is 2. The molecule has 32 heavy (non-hydrogen) atoms. The van der Waals surface area contributed by atoms with E-state index in [0.29, 0.717) is 29.6 Å². The summed E-state index contributed by atoms with van der Waals surface area (Å²) in [5.41, 5.74) is 0.319. The van der Waals surface area contributed by atoms with Crippen molar-refractivity contribution in [3.05, 3.63) is 48.5 Å². The number of sulfonamides is 1. The van der Waals surface area contributed by atoms with Crippen molar-refractivity contribution in [2.24, 2.45) is 5.92 Å². The van der Waals surface area contributed by atoms with E-state index in [0.717, 1.165) is 30.0 Å². The number of nitrogens with zero attached hydrogens (tertiary/aromatic N) is 1. The first-order valence-corrected chi connectivity index (χ1v) is 12.4. The zero-order chi connectivity index (χ0) is 23.6. The number of unbranched alkanes of at least 4 members (excludes halogenated alkanes) is 1. The van der Waals surface area contributed by atoms with E-state index in [4.69, 9.17) is 9.47 Å². The molecule has 1 amide bonds. The van der Waals surface area contributed by atoms with Crippen molar-refractivity contribution in [2.75, 3.05) is 31.6 Å². The lowest BCUT2D eigenvalue weighted by Crippen LogP contribution is -2.42. The second kappa shape index (κ2) is 12.3. The Morgan fingerprint density at radius 1 is 1.03 bits per heavy atom. The number of ether oxygens (including phenoxy) is 2. The largest absolute Gasteiger partial charge is 0.493 e. The van der Waals surface area contributed by atoms with Crippen molar-refractivity contribution in [3.8, 4) is 11.5 Å². The Bertz CT molecular complexity index is 964. The van der Waals surface area contributed by atoms with Gasteiger partial charge >= 0.3 is 0 Å². The summed E-state index contributed by atoms with van der Waals surface area (Å²) < 4.78 is 38.6. The Balaban J connectivity index is 2.32. The topological polar surface area (TPSA) is 84.9 Å². The molecule has 1 N–H and O–H groups in total. The lowest BCUT2D eigenvalue weighted by atomic mass is 9.99. The molecule has 0 saturated carbocycles. The van der Waals surface area contributed by atoms with Gasteiger partial charge in [0.05, 0.1) is 24.8 Å². The molecule has 0 aliphatic rings. The third-order valence-corrected chi connectivity index (χ3v) is 7.19. The zero-order valence-corrected chi connectivity index (χ0v) is 20.2. The van der Waals surface area contributed by atoms with Gasteiger partial charge in [-0.05, 0) is 36.6 Å². The van der Waals surface area contributed by atoms with Crippen LogP contribution in [0.4, 0.5) is 5.69 Å².